The maximum Gasteiger partial charge on any atom is 0.298 e. The molecule has 0 aliphatic rings. The van der Waals surface area contributed by atoms with Gasteiger partial charge in [0.2, 0.25) is 0 Å². The minimum atomic E-state index is -0.597. The Morgan fingerprint density at radius 1 is 1.67 bits per heavy atom. The lowest BCUT2D eigenvalue weighted by molar-refractivity contribution is -0.0666. The Labute approximate surface area is 121 Å². The van der Waals surface area contributed by atoms with Gasteiger partial charge in [-0.1, -0.05) is 5.16 Å². The van der Waals surface area contributed by atoms with E-state index in [1.165, 1.54) is 12.6 Å². The van der Waals surface area contributed by atoms with Crippen molar-refractivity contribution < 1.29 is 14.5 Å². The van der Waals surface area contributed by atoms with E-state index in [1.807, 2.05) is 6.92 Å². The van der Waals surface area contributed by atoms with Crippen LogP contribution >= 0.6 is 0 Å². The smallest absolute Gasteiger partial charge is 0.298 e. The van der Waals surface area contributed by atoms with Gasteiger partial charge < -0.3 is 20.1 Å². The fourth-order valence-electron chi connectivity index (χ4n) is 1.87. The van der Waals surface area contributed by atoms with Crippen molar-refractivity contribution in [1.82, 2.24) is 19.8 Å². The molecular formula is C12H18N6O3. The number of amides is 1. The van der Waals surface area contributed by atoms with Crippen molar-refractivity contribution in [1.29, 1.82) is 0 Å². The number of carbonyl (C=O) groups is 1. The van der Waals surface area contributed by atoms with Gasteiger partial charge in [-0.2, -0.15) is 0 Å². The van der Waals surface area contributed by atoms with Crippen LogP contribution in [0, 0.1) is 0 Å². The Kier molecular flexibility index (Phi) is 4.55. The summed E-state index contributed by atoms with van der Waals surface area (Å²) >= 11 is 0. The van der Waals surface area contributed by atoms with Crippen molar-refractivity contribution in [3.8, 4) is 0 Å². The van der Waals surface area contributed by atoms with Crippen LogP contribution < -0.4 is 11.1 Å². The molecule has 114 valence electrons. The summed E-state index contributed by atoms with van der Waals surface area (Å²) in [5.41, 5.74) is 6.31. The van der Waals surface area contributed by atoms with Crippen LogP contribution in [0.5, 0.6) is 0 Å². The molecule has 0 aliphatic heterocycles. The fourth-order valence-corrected chi connectivity index (χ4v) is 1.87. The third-order valence-electron chi connectivity index (χ3n) is 3.09. The number of carbonyl (C=O) groups excluding carboxylic acids is 1. The molecule has 0 aliphatic carbocycles. The second-order valence-electron chi connectivity index (χ2n) is 4.54. The van der Waals surface area contributed by atoms with Gasteiger partial charge in [-0.3, -0.25) is 10.0 Å². The number of nitrogens with zero attached hydrogens (tertiary/aromatic N) is 4. The zero-order valence-electron chi connectivity index (χ0n) is 11.9. The number of nitrogens with one attached hydrogen (secondary N) is 1. The van der Waals surface area contributed by atoms with Crippen molar-refractivity contribution >= 4 is 11.7 Å². The van der Waals surface area contributed by atoms with E-state index in [4.69, 9.17) is 5.73 Å². The molecule has 1 amide bonds. The van der Waals surface area contributed by atoms with Gasteiger partial charge >= 0.3 is 0 Å². The first-order valence-electron chi connectivity index (χ1n) is 6.43. The summed E-state index contributed by atoms with van der Waals surface area (Å²) in [5.74, 6) is -0.223. The van der Waals surface area contributed by atoms with Gasteiger partial charge in [0.15, 0.2) is 11.5 Å². The molecule has 0 saturated heterocycles. The van der Waals surface area contributed by atoms with E-state index in [0.29, 0.717) is 23.1 Å². The van der Waals surface area contributed by atoms with E-state index >= 15 is 0 Å². The van der Waals surface area contributed by atoms with Crippen LogP contribution in [0.1, 0.15) is 29.1 Å². The van der Waals surface area contributed by atoms with Crippen LogP contribution in [0.15, 0.2) is 23.2 Å². The molecule has 1 atom stereocenters. The predicted molar refractivity (Wildman–Crippen MR) is 73.7 cm³/mol. The molecule has 2 aromatic heterocycles. The van der Waals surface area contributed by atoms with Gasteiger partial charge in [-0.15, -0.1) is 0 Å². The largest absolute Gasteiger partial charge is 0.371 e. The molecule has 2 rings (SSSR count). The molecule has 9 nitrogen and oxygen atoms in total. The van der Waals surface area contributed by atoms with Crippen LogP contribution in [0.3, 0.4) is 0 Å². The number of aromatic nitrogens is 3. The van der Waals surface area contributed by atoms with Crippen molar-refractivity contribution in [2.75, 3.05) is 18.9 Å². The Bertz CT molecular complexity index is 594. The number of anilines is 1. The topological polar surface area (TPSA) is 122 Å². The van der Waals surface area contributed by atoms with Crippen molar-refractivity contribution in [2.24, 2.45) is 5.73 Å². The molecule has 2 heterocycles. The summed E-state index contributed by atoms with van der Waals surface area (Å²) in [7, 11) is 1.65. The van der Waals surface area contributed by atoms with Crippen LogP contribution in [0.4, 0.5) is 5.82 Å². The molecule has 0 fully saturated rings. The number of hydroxylamine groups is 2. The van der Waals surface area contributed by atoms with Gasteiger partial charge in [-0.25, -0.2) is 10.0 Å². The molecule has 0 aromatic carbocycles. The predicted octanol–water partition coefficient (Wildman–Crippen LogP) is 0.464. The van der Waals surface area contributed by atoms with E-state index in [1.54, 1.807) is 17.7 Å². The van der Waals surface area contributed by atoms with Crippen LogP contribution in [-0.2, 0) is 6.54 Å². The Morgan fingerprint density at radius 2 is 2.43 bits per heavy atom. The van der Waals surface area contributed by atoms with E-state index < -0.39 is 5.91 Å². The van der Waals surface area contributed by atoms with Crippen LogP contribution in [0.2, 0.25) is 0 Å². The average molecular weight is 294 g/mol. The lowest BCUT2D eigenvalue weighted by Crippen LogP contribution is -2.31. The molecule has 2 aromatic rings. The van der Waals surface area contributed by atoms with Crippen LogP contribution in [-0.4, -0.2) is 44.5 Å². The van der Waals surface area contributed by atoms with E-state index in [9.17, 15) is 10.0 Å². The molecule has 9 heteroatoms. The number of rotatable bonds is 6. The third-order valence-corrected chi connectivity index (χ3v) is 3.09. The number of hydrogen-bond donors (Lipinski definition) is 3. The highest BCUT2D eigenvalue weighted by Gasteiger charge is 2.25. The fraction of sp³-hybridized carbons (Fsp3) is 0.417. The minimum absolute atomic E-state index is 0.0827. The summed E-state index contributed by atoms with van der Waals surface area (Å²) in [6.45, 7) is 2.12. The Morgan fingerprint density at radius 3 is 3.00 bits per heavy atom. The van der Waals surface area contributed by atoms with E-state index in [0.717, 1.165) is 0 Å². The lowest BCUT2D eigenvalue weighted by atomic mass is 10.3. The molecule has 21 heavy (non-hydrogen) atoms. The summed E-state index contributed by atoms with van der Waals surface area (Å²) in [5, 5.41) is 17.0. The van der Waals surface area contributed by atoms with Gasteiger partial charge in [0.05, 0.1) is 12.9 Å². The molecule has 0 spiro atoms. The lowest BCUT2D eigenvalue weighted by Gasteiger charge is -2.18. The van der Waals surface area contributed by atoms with Crippen molar-refractivity contribution in [3.05, 3.63) is 30.0 Å². The number of nitrogens with two attached hydrogens (primary N) is 1. The SMILES string of the molecule is CNc1ncn([C@@H](C)CN)c1C(=O)N(O)Cc1ccon1. The van der Waals surface area contributed by atoms with Crippen molar-refractivity contribution in [3.63, 3.8) is 0 Å². The van der Waals surface area contributed by atoms with Gasteiger partial charge in [0.25, 0.3) is 5.91 Å². The molecular weight excluding hydrogens is 276 g/mol. The zero-order chi connectivity index (χ0) is 15.4. The second-order valence-corrected chi connectivity index (χ2v) is 4.54. The van der Waals surface area contributed by atoms with E-state index in [-0.39, 0.29) is 18.3 Å². The van der Waals surface area contributed by atoms with Crippen LogP contribution in [0.25, 0.3) is 0 Å². The normalized spacial score (nSPS) is 12.2. The third kappa shape index (κ3) is 3.03. The summed E-state index contributed by atoms with van der Waals surface area (Å²) < 4.78 is 6.29. The Balaban J connectivity index is 2.26. The first-order chi connectivity index (χ1) is 10.1. The first-order valence-corrected chi connectivity index (χ1v) is 6.43. The molecule has 4 N–H and O–H groups in total. The zero-order valence-corrected chi connectivity index (χ0v) is 11.9. The summed E-state index contributed by atoms with van der Waals surface area (Å²) in [6.07, 6.45) is 2.88. The number of imidazole rings is 1. The second kappa shape index (κ2) is 6.37. The summed E-state index contributed by atoms with van der Waals surface area (Å²) in [6, 6.07) is 1.44. The minimum Gasteiger partial charge on any atom is -0.371 e. The van der Waals surface area contributed by atoms with Gasteiger partial charge in [0.1, 0.15) is 12.0 Å². The van der Waals surface area contributed by atoms with Crippen molar-refractivity contribution in [2.45, 2.75) is 19.5 Å². The standard InChI is InChI=1S/C12H18N6O3/c1-8(5-13)17-7-15-11(14-2)10(17)12(19)18(20)6-9-3-4-21-16-9/h3-4,7-8,14,20H,5-6,13H2,1-2H3/t8-/m0/s1. The molecule has 0 saturated carbocycles. The highest BCUT2D eigenvalue weighted by atomic mass is 16.5. The maximum atomic E-state index is 12.4. The average Bonchev–Trinajstić information content (AvgIpc) is 3.14. The van der Waals surface area contributed by atoms with E-state index in [2.05, 4.69) is 20.0 Å². The number of hydrogen-bond acceptors (Lipinski definition) is 7. The van der Waals surface area contributed by atoms with Gasteiger partial charge in [0, 0.05) is 25.7 Å². The van der Waals surface area contributed by atoms with Gasteiger partial charge in [-0.05, 0) is 6.92 Å². The molecule has 0 bridgehead atoms. The Hall–Kier alpha value is -2.39. The first kappa shape index (κ1) is 15.0. The summed E-state index contributed by atoms with van der Waals surface area (Å²) in [4.78, 5) is 16.5. The highest BCUT2D eigenvalue weighted by molar-refractivity contribution is 5.96. The highest BCUT2D eigenvalue weighted by Crippen LogP contribution is 2.20. The quantitative estimate of drug-likeness (QED) is 0.522. The molecule has 0 radical (unpaired) electrons. The monoisotopic (exact) mass is 294 g/mol. The molecule has 0 unspecified atom stereocenters. The maximum absolute atomic E-state index is 12.4.